The number of hydrogen-bond acceptors (Lipinski definition) is 5. The van der Waals surface area contributed by atoms with E-state index in [2.05, 4.69) is 5.32 Å². The van der Waals surface area contributed by atoms with Crippen LogP contribution >= 0.6 is 0 Å². The van der Waals surface area contributed by atoms with Gasteiger partial charge in [0.2, 0.25) is 5.91 Å². The minimum absolute atomic E-state index is 0.0245. The topological polar surface area (TPSA) is 75.7 Å². The molecule has 0 aromatic heterocycles. The number of sulfone groups is 1. The van der Waals surface area contributed by atoms with Crippen molar-refractivity contribution in [3.05, 3.63) is 0 Å². The van der Waals surface area contributed by atoms with Crippen LogP contribution in [0.15, 0.2) is 0 Å². The molecule has 0 saturated carbocycles. The molecule has 1 N–H and O–H groups in total. The normalized spacial score (nSPS) is 26.6. The summed E-state index contributed by atoms with van der Waals surface area (Å²) < 4.78 is 28.3. The lowest BCUT2D eigenvalue weighted by atomic mass is 9.95. The number of nitrogens with zero attached hydrogens (tertiary/aromatic N) is 1. The average molecular weight is 304 g/mol. The molecule has 20 heavy (non-hydrogen) atoms. The number of piperidine rings is 1. The highest BCUT2D eigenvalue weighted by molar-refractivity contribution is 7.91. The molecule has 0 aromatic rings. The Kier molecular flexibility index (Phi) is 5.40. The van der Waals surface area contributed by atoms with E-state index in [1.807, 2.05) is 0 Å². The van der Waals surface area contributed by atoms with E-state index in [9.17, 15) is 13.2 Å². The zero-order valence-electron chi connectivity index (χ0n) is 12.0. The minimum Gasteiger partial charge on any atom is -0.383 e. The van der Waals surface area contributed by atoms with Crippen LogP contribution in [0.2, 0.25) is 0 Å². The first-order valence-electron chi connectivity index (χ1n) is 7.24. The van der Waals surface area contributed by atoms with Crippen molar-refractivity contribution in [1.29, 1.82) is 0 Å². The van der Waals surface area contributed by atoms with Gasteiger partial charge in [-0.3, -0.25) is 4.79 Å². The van der Waals surface area contributed by atoms with Gasteiger partial charge in [-0.25, -0.2) is 8.42 Å². The molecule has 0 spiro atoms. The van der Waals surface area contributed by atoms with Crippen molar-refractivity contribution in [1.82, 2.24) is 10.2 Å². The van der Waals surface area contributed by atoms with Gasteiger partial charge in [0.05, 0.1) is 18.1 Å². The number of hydrogen-bond donors (Lipinski definition) is 1. The summed E-state index contributed by atoms with van der Waals surface area (Å²) in [6.07, 6.45) is 2.23. The first-order chi connectivity index (χ1) is 9.53. The molecule has 0 aromatic carbocycles. The van der Waals surface area contributed by atoms with Crippen LogP contribution in [-0.2, 0) is 19.4 Å². The third-order valence-corrected chi connectivity index (χ3v) is 5.91. The predicted octanol–water partition coefficient (Wildman–Crippen LogP) is -0.352. The maximum atomic E-state index is 12.6. The molecule has 2 rings (SSSR count). The van der Waals surface area contributed by atoms with Gasteiger partial charge < -0.3 is 15.0 Å². The Morgan fingerprint density at radius 3 is 2.55 bits per heavy atom. The van der Waals surface area contributed by atoms with Gasteiger partial charge in [0, 0.05) is 25.6 Å². The second-order valence-electron chi connectivity index (χ2n) is 5.61. The third-order valence-electron chi connectivity index (χ3n) is 4.16. The van der Waals surface area contributed by atoms with E-state index in [1.165, 1.54) is 0 Å². The Balaban J connectivity index is 2.04. The molecule has 1 unspecified atom stereocenters. The molecule has 116 valence electrons. The molecule has 7 heteroatoms. The van der Waals surface area contributed by atoms with E-state index in [0.29, 0.717) is 19.6 Å². The van der Waals surface area contributed by atoms with Crippen molar-refractivity contribution in [3.63, 3.8) is 0 Å². The Hall–Kier alpha value is -0.660. The lowest BCUT2D eigenvalue weighted by Gasteiger charge is -2.33. The zero-order valence-corrected chi connectivity index (χ0v) is 12.8. The van der Waals surface area contributed by atoms with E-state index in [0.717, 1.165) is 25.9 Å². The van der Waals surface area contributed by atoms with Gasteiger partial charge in [-0.15, -0.1) is 0 Å². The number of ether oxygens (including phenoxy) is 1. The molecular formula is C13H24N2O4S. The molecule has 2 fully saturated rings. The fourth-order valence-electron chi connectivity index (χ4n) is 2.99. The summed E-state index contributed by atoms with van der Waals surface area (Å²) in [5.41, 5.74) is 0. The molecular weight excluding hydrogens is 280 g/mol. The summed E-state index contributed by atoms with van der Waals surface area (Å²) in [6, 6.07) is -0.169. The van der Waals surface area contributed by atoms with E-state index in [4.69, 9.17) is 4.74 Å². The van der Waals surface area contributed by atoms with Crippen molar-refractivity contribution in [2.75, 3.05) is 44.9 Å². The highest BCUT2D eigenvalue weighted by Crippen LogP contribution is 2.22. The first kappa shape index (κ1) is 15.7. The zero-order chi connectivity index (χ0) is 14.6. The quantitative estimate of drug-likeness (QED) is 0.751. The average Bonchev–Trinajstić information content (AvgIpc) is 2.80. The minimum atomic E-state index is -2.98. The van der Waals surface area contributed by atoms with E-state index >= 15 is 0 Å². The summed E-state index contributed by atoms with van der Waals surface area (Å²) in [7, 11) is -1.38. The van der Waals surface area contributed by atoms with Gasteiger partial charge in [0.15, 0.2) is 9.84 Å². The molecule has 2 aliphatic heterocycles. The fourth-order valence-corrected chi connectivity index (χ4v) is 4.72. The van der Waals surface area contributed by atoms with Crippen LogP contribution in [0, 0.1) is 5.92 Å². The van der Waals surface area contributed by atoms with E-state index in [-0.39, 0.29) is 29.4 Å². The van der Waals surface area contributed by atoms with Crippen molar-refractivity contribution < 1.29 is 17.9 Å². The molecule has 0 bridgehead atoms. The van der Waals surface area contributed by atoms with E-state index in [1.54, 1.807) is 12.0 Å². The standard InChI is InChI=1S/C13H24N2O4S/c1-19-8-7-15(12-4-9-20(17,18)10-12)13(16)11-2-5-14-6-3-11/h11-12,14H,2-10H2,1H3. The monoisotopic (exact) mass is 304 g/mol. The predicted molar refractivity (Wildman–Crippen MR) is 76.2 cm³/mol. The molecule has 2 saturated heterocycles. The maximum absolute atomic E-state index is 12.6. The van der Waals surface area contributed by atoms with Crippen LogP contribution in [0.1, 0.15) is 19.3 Å². The fraction of sp³-hybridized carbons (Fsp3) is 0.923. The third kappa shape index (κ3) is 3.93. The van der Waals surface area contributed by atoms with Gasteiger partial charge in [0.25, 0.3) is 0 Å². The summed E-state index contributed by atoms with van der Waals surface area (Å²) in [5.74, 6) is 0.427. The van der Waals surface area contributed by atoms with Gasteiger partial charge in [0.1, 0.15) is 0 Å². The van der Waals surface area contributed by atoms with Crippen molar-refractivity contribution in [2.45, 2.75) is 25.3 Å². The van der Waals surface area contributed by atoms with Gasteiger partial charge in [-0.1, -0.05) is 0 Å². The number of amides is 1. The van der Waals surface area contributed by atoms with Crippen LogP contribution < -0.4 is 5.32 Å². The molecule has 2 heterocycles. The number of carbonyl (C=O) groups excluding carboxylic acids is 1. The second kappa shape index (κ2) is 6.87. The van der Waals surface area contributed by atoms with Crippen LogP contribution in [0.3, 0.4) is 0 Å². The number of rotatable bonds is 5. The van der Waals surface area contributed by atoms with Crippen molar-refractivity contribution >= 4 is 15.7 Å². The van der Waals surface area contributed by atoms with Crippen LogP contribution in [0.4, 0.5) is 0 Å². The van der Waals surface area contributed by atoms with Crippen molar-refractivity contribution in [3.8, 4) is 0 Å². The summed E-state index contributed by atoms with van der Waals surface area (Å²) in [4.78, 5) is 14.4. The molecule has 1 amide bonds. The Bertz CT molecular complexity index is 432. The van der Waals surface area contributed by atoms with Gasteiger partial charge in [-0.2, -0.15) is 0 Å². The lowest BCUT2D eigenvalue weighted by molar-refractivity contribution is -0.139. The largest absolute Gasteiger partial charge is 0.383 e. The summed E-state index contributed by atoms with van der Waals surface area (Å²) in [6.45, 7) is 2.65. The molecule has 1 atom stereocenters. The smallest absolute Gasteiger partial charge is 0.226 e. The highest BCUT2D eigenvalue weighted by Gasteiger charge is 2.36. The van der Waals surface area contributed by atoms with Crippen LogP contribution in [0.25, 0.3) is 0 Å². The Morgan fingerprint density at radius 1 is 1.30 bits per heavy atom. The summed E-state index contributed by atoms with van der Waals surface area (Å²) >= 11 is 0. The second-order valence-corrected chi connectivity index (χ2v) is 7.83. The molecule has 2 aliphatic rings. The highest BCUT2D eigenvalue weighted by atomic mass is 32.2. The summed E-state index contributed by atoms with van der Waals surface area (Å²) in [5, 5.41) is 3.24. The lowest BCUT2D eigenvalue weighted by Crippen LogP contribution is -2.47. The molecule has 0 aliphatic carbocycles. The van der Waals surface area contributed by atoms with Crippen LogP contribution in [-0.4, -0.2) is 70.1 Å². The van der Waals surface area contributed by atoms with Crippen LogP contribution in [0.5, 0.6) is 0 Å². The van der Waals surface area contributed by atoms with Gasteiger partial charge >= 0.3 is 0 Å². The maximum Gasteiger partial charge on any atom is 0.226 e. The molecule has 0 radical (unpaired) electrons. The first-order valence-corrected chi connectivity index (χ1v) is 9.06. The van der Waals surface area contributed by atoms with Gasteiger partial charge in [-0.05, 0) is 32.4 Å². The van der Waals surface area contributed by atoms with E-state index < -0.39 is 9.84 Å². The SMILES string of the molecule is COCCN(C(=O)C1CCNCC1)C1CCS(=O)(=O)C1. The number of methoxy groups -OCH3 is 1. The molecule has 6 nitrogen and oxygen atoms in total. The Morgan fingerprint density at radius 2 is 2.00 bits per heavy atom. The Labute approximate surface area is 120 Å². The number of carbonyl (C=O) groups is 1. The number of nitrogens with one attached hydrogen (secondary N) is 1. The van der Waals surface area contributed by atoms with Crippen molar-refractivity contribution in [2.24, 2.45) is 5.92 Å².